The summed E-state index contributed by atoms with van der Waals surface area (Å²) in [6, 6.07) is 10.2. The third-order valence-corrected chi connectivity index (χ3v) is 8.05. The second kappa shape index (κ2) is 11.1. The first-order valence-electron chi connectivity index (χ1n) is 13.0. The van der Waals surface area contributed by atoms with Crippen LogP contribution < -0.4 is 24.8 Å². The number of nitrogens with zero attached hydrogens (tertiary/aromatic N) is 2. The van der Waals surface area contributed by atoms with Gasteiger partial charge in [-0.15, -0.1) is 11.3 Å². The molecule has 0 spiro atoms. The van der Waals surface area contributed by atoms with Crippen molar-refractivity contribution in [3.63, 3.8) is 0 Å². The predicted octanol–water partition coefficient (Wildman–Crippen LogP) is 3.78. The Hall–Kier alpha value is -4.65. The minimum absolute atomic E-state index is 0.0367. The van der Waals surface area contributed by atoms with Gasteiger partial charge in [-0.05, 0) is 54.0 Å². The number of thiazole rings is 1. The van der Waals surface area contributed by atoms with Crippen molar-refractivity contribution >= 4 is 40.5 Å². The van der Waals surface area contributed by atoms with E-state index in [-0.39, 0.29) is 23.4 Å². The van der Waals surface area contributed by atoms with E-state index >= 15 is 0 Å². The lowest BCUT2D eigenvalue weighted by Gasteiger charge is -2.27. The Balaban J connectivity index is 1.27. The average Bonchev–Trinajstić information content (AvgIpc) is 3.68. The minimum atomic E-state index is -1.13. The van der Waals surface area contributed by atoms with Crippen LogP contribution in [0.15, 0.2) is 47.8 Å². The molecule has 1 aliphatic carbocycles. The van der Waals surface area contributed by atoms with E-state index in [0.29, 0.717) is 30.3 Å². The number of nitrogens with one attached hydrogen (secondary N) is 2. The fourth-order valence-corrected chi connectivity index (χ4v) is 6.04. The molecule has 3 atom stereocenters. The van der Waals surface area contributed by atoms with Gasteiger partial charge in [0.2, 0.25) is 11.8 Å². The largest absolute Gasteiger partial charge is 0.514 e. The normalized spacial score (nSPS) is 19.8. The summed E-state index contributed by atoms with van der Waals surface area (Å²) in [5, 5.41) is 6.99. The SMILES string of the molecule is COC(=O)Oc1csc(NC(=O)C(CC2CCc3ccccc32)N2C(=O)NC(c3ccc4c(c3)OCCO4)C2=O)n1. The molecule has 0 saturated carbocycles. The van der Waals surface area contributed by atoms with Crippen molar-refractivity contribution in [2.45, 2.75) is 37.3 Å². The molecule has 3 unspecified atom stereocenters. The molecular weight excluding hydrogens is 552 g/mol. The van der Waals surface area contributed by atoms with Crippen LogP contribution in [-0.4, -0.2) is 60.3 Å². The van der Waals surface area contributed by atoms with Gasteiger partial charge in [-0.1, -0.05) is 30.3 Å². The summed E-state index contributed by atoms with van der Waals surface area (Å²) in [7, 11) is 1.17. The van der Waals surface area contributed by atoms with Gasteiger partial charge in [0.05, 0.1) is 12.5 Å². The molecule has 0 radical (unpaired) electrons. The van der Waals surface area contributed by atoms with Crippen molar-refractivity contribution in [3.05, 3.63) is 64.5 Å². The monoisotopic (exact) mass is 578 g/mol. The van der Waals surface area contributed by atoms with Crippen molar-refractivity contribution in [1.29, 1.82) is 0 Å². The number of rotatable bonds is 7. The van der Waals surface area contributed by atoms with E-state index in [1.165, 1.54) is 18.1 Å². The van der Waals surface area contributed by atoms with Crippen molar-refractivity contribution in [2.75, 3.05) is 25.6 Å². The fourth-order valence-electron chi connectivity index (χ4n) is 5.42. The molecule has 2 aromatic carbocycles. The number of methoxy groups -OCH3 is 1. The first-order valence-corrected chi connectivity index (χ1v) is 13.9. The maximum atomic E-state index is 13.8. The number of aromatic nitrogens is 1. The average molecular weight is 579 g/mol. The lowest BCUT2D eigenvalue weighted by atomic mass is 9.92. The quantitative estimate of drug-likeness (QED) is 0.316. The number of hydrogen-bond donors (Lipinski definition) is 2. The molecule has 13 heteroatoms. The first kappa shape index (κ1) is 26.6. The van der Waals surface area contributed by atoms with E-state index in [1.54, 1.807) is 18.2 Å². The second-order valence-corrected chi connectivity index (χ2v) is 10.6. The van der Waals surface area contributed by atoms with Crippen molar-refractivity contribution in [3.8, 4) is 17.4 Å². The molecule has 3 heterocycles. The molecule has 2 N–H and O–H groups in total. The summed E-state index contributed by atoms with van der Waals surface area (Å²) in [4.78, 5) is 57.3. The summed E-state index contributed by atoms with van der Waals surface area (Å²) in [6.07, 6.45) is 0.908. The molecular formula is C28H26N4O8S. The maximum absolute atomic E-state index is 13.8. The zero-order valence-electron chi connectivity index (χ0n) is 22.0. The standard InChI is InChI=1S/C28H26N4O8S/c1-37-28(36)40-22-14-41-26(29-22)31-24(33)19(12-16-7-6-15-4-2-3-5-18(15)16)32-25(34)23(30-27(32)35)17-8-9-20-21(13-17)39-11-10-38-20/h2-5,8-9,13-14,16,19,23H,6-7,10-12H2,1H3,(H,30,35)(H,29,31,33). The first-order chi connectivity index (χ1) is 19.9. The number of amides is 4. The van der Waals surface area contributed by atoms with Gasteiger partial charge in [0, 0.05) is 0 Å². The third-order valence-electron chi connectivity index (χ3n) is 7.32. The van der Waals surface area contributed by atoms with Gasteiger partial charge < -0.3 is 29.6 Å². The lowest BCUT2D eigenvalue weighted by Crippen LogP contribution is -2.48. The topological polar surface area (TPSA) is 145 Å². The van der Waals surface area contributed by atoms with Gasteiger partial charge in [0.25, 0.3) is 5.91 Å². The lowest BCUT2D eigenvalue weighted by molar-refractivity contribution is -0.134. The van der Waals surface area contributed by atoms with Crippen molar-refractivity contribution in [2.24, 2.45) is 0 Å². The van der Waals surface area contributed by atoms with Crippen LogP contribution in [0.3, 0.4) is 0 Å². The van der Waals surface area contributed by atoms with Gasteiger partial charge in [-0.3, -0.25) is 9.59 Å². The summed E-state index contributed by atoms with van der Waals surface area (Å²) < 4.78 is 20.6. The van der Waals surface area contributed by atoms with Gasteiger partial charge in [0.1, 0.15) is 25.3 Å². The number of aryl methyl sites for hydroxylation is 1. The third kappa shape index (κ3) is 5.27. The molecule has 4 amide bonds. The molecule has 12 nitrogen and oxygen atoms in total. The molecule has 0 bridgehead atoms. The van der Waals surface area contributed by atoms with Crippen LogP contribution in [0, 0.1) is 0 Å². The number of benzene rings is 2. The summed E-state index contributed by atoms with van der Waals surface area (Å²) in [5.74, 6) is -0.172. The van der Waals surface area contributed by atoms with E-state index in [0.717, 1.165) is 34.6 Å². The van der Waals surface area contributed by atoms with Crippen LogP contribution in [0.1, 0.15) is 41.5 Å². The molecule has 1 fully saturated rings. The molecule has 3 aliphatic rings. The maximum Gasteiger partial charge on any atom is 0.514 e. The number of ether oxygens (including phenoxy) is 4. The highest BCUT2D eigenvalue weighted by Crippen LogP contribution is 2.39. The highest BCUT2D eigenvalue weighted by atomic mass is 32.1. The number of carbonyl (C=O) groups excluding carboxylic acids is 4. The van der Waals surface area contributed by atoms with E-state index in [1.807, 2.05) is 18.2 Å². The smallest absolute Gasteiger partial charge is 0.486 e. The Labute approximate surface area is 238 Å². The van der Waals surface area contributed by atoms with Gasteiger partial charge in [0.15, 0.2) is 16.6 Å². The summed E-state index contributed by atoms with van der Waals surface area (Å²) in [6.45, 7) is 0.803. The fraction of sp³-hybridized carbons (Fsp3) is 0.321. The number of fused-ring (bicyclic) bond motifs is 2. The highest BCUT2D eigenvalue weighted by Gasteiger charge is 2.46. The van der Waals surface area contributed by atoms with E-state index in [4.69, 9.17) is 14.2 Å². The molecule has 3 aromatic rings. The molecule has 6 rings (SSSR count). The summed E-state index contributed by atoms with van der Waals surface area (Å²) >= 11 is 1.03. The van der Waals surface area contributed by atoms with Crippen molar-refractivity contribution in [1.82, 2.24) is 15.2 Å². The highest BCUT2D eigenvalue weighted by molar-refractivity contribution is 7.14. The molecule has 212 valence electrons. The molecule has 1 aromatic heterocycles. The number of anilines is 1. The van der Waals surface area contributed by atoms with E-state index in [2.05, 4.69) is 26.4 Å². The predicted molar refractivity (Wildman–Crippen MR) is 145 cm³/mol. The zero-order chi connectivity index (χ0) is 28.5. The number of hydrogen-bond acceptors (Lipinski definition) is 10. The molecule has 2 aliphatic heterocycles. The van der Waals surface area contributed by atoms with Crippen LogP contribution in [0.25, 0.3) is 0 Å². The van der Waals surface area contributed by atoms with Crippen LogP contribution >= 0.6 is 11.3 Å². The van der Waals surface area contributed by atoms with Crippen LogP contribution in [0.4, 0.5) is 14.7 Å². The van der Waals surface area contributed by atoms with Gasteiger partial charge >= 0.3 is 12.2 Å². The molecule has 1 saturated heterocycles. The minimum Gasteiger partial charge on any atom is -0.486 e. The Morgan fingerprint density at radius 3 is 2.80 bits per heavy atom. The number of urea groups is 1. The number of carbonyl (C=O) groups is 4. The van der Waals surface area contributed by atoms with Crippen molar-refractivity contribution < 1.29 is 38.1 Å². The van der Waals surface area contributed by atoms with E-state index < -0.39 is 36.1 Å². The van der Waals surface area contributed by atoms with Gasteiger partial charge in [-0.25, -0.2) is 14.5 Å². The van der Waals surface area contributed by atoms with Crippen LogP contribution in [-0.2, 0) is 20.7 Å². The Kier molecular flexibility index (Phi) is 7.18. The van der Waals surface area contributed by atoms with Crippen LogP contribution in [0.5, 0.6) is 17.4 Å². The van der Waals surface area contributed by atoms with E-state index in [9.17, 15) is 19.2 Å². The summed E-state index contributed by atoms with van der Waals surface area (Å²) in [5.41, 5.74) is 2.81. The van der Waals surface area contributed by atoms with Crippen LogP contribution in [0.2, 0.25) is 0 Å². The Bertz CT molecular complexity index is 1520. The zero-order valence-corrected chi connectivity index (χ0v) is 22.8. The Morgan fingerprint density at radius 1 is 1.17 bits per heavy atom. The number of imide groups is 1. The second-order valence-electron chi connectivity index (χ2n) is 9.72. The Morgan fingerprint density at radius 2 is 1.98 bits per heavy atom. The molecule has 41 heavy (non-hydrogen) atoms. The van der Waals surface area contributed by atoms with Gasteiger partial charge in [-0.2, -0.15) is 4.98 Å².